The maximum atomic E-state index is 12.5. The summed E-state index contributed by atoms with van der Waals surface area (Å²) in [4.78, 5) is 25.7. The lowest BCUT2D eigenvalue weighted by Crippen LogP contribution is -2.53. The Hall–Kier alpha value is -2.64. The van der Waals surface area contributed by atoms with Crippen molar-refractivity contribution in [3.05, 3.63) is 24.2 Å². The first-order valence-corrected chi connectivity index (χ1v) is 10.7. The van der Waals surface area contributed by atoms with E-state index in [0.717, 1.165) is 37.3 Å². The number of anilines is 1. The van der Waals surface area contributed by atoms with Gasteiger partial charge in [0, 0.05) is 49.9 Å². The monoisotopic (exact) mass is 398 g/mol. The van der Waals surface area contributed by atoms with Crippen molar-refractivity contribution in [2.75, 3.05) is 31.1 Å². The van der Waals surface area contributed by atoms with Gasteiger partial charge in [0.25, 0.3) is 0 Å². The molecule has 1 saturated carbocycles. The maximum Gasteiger partial charge on any atom is 0.317 e. The summed E-state index contributed by atoms with van der Waals surface area (Å²) in [6.45, 7) is 7.03. The molecule has 1 N–H and O–H groups in total. The van der Waals surface area contributed by atoms with E-state index in [1.807, 2.05) is 30.9 Å². The number of carbonyl (C=O) groups is 1. The van der Waals surface area contributed by atoms with Gasteiger partial charge in [-0.25, -0.2) is 9.78 Å². The van der Waals surface area contributed by atoms with Crippen molar-refractivity contribution in [1.82, 2.24) is 25.3 Å². The van der Waals surface area contributed by atoms with Crippen molar-refractivity contribution in [3.63, 3.8) is 0 Å². The zero-order valence-electron chi connectivity index (χ0n) is 17.3. The van der Waals surface area contributed by atoms with Crippen molar-refractivity contribution in [1.29, 1.82) is 0 Å². The summed E-state index contributed by atoms with van der Waals surface area (Å²) in [5, 5.41) is 7.24. The Kier molecular flexibility index (Phi) is 5.97. The van der Waals surface area contributed by atoms with E-state index in [-0.39, 0.29) is 11.9 Å². The Bertz CT molecular complexity index is 805. The van der Waals surface area contributed by atoms with Gasteiger partial charge in [0.1, 0.15) is 5.82 Å². The van der Waals surface area contributed by atoms with Gasteiger partial charge in [-0.3, -0.25) is 0 Å². The fourth-order valence-corrected chi connectivity index (χ4v) is 3.94. The lowest BCUT2D eigenvalue weighted by molar-refractivity contribution is 0.186. The van der Waals surface area contributed by atoms with Gasteiger partial charge in [0.05, 0.1) is 0 Å². The van der Waals surface area contributed by atoms with Crippen LogP contribution in [0.4, 0.5) is 10.6 Å². The molecule has 3 heterocycles. The molecule has 8 nitrogen and oxygen atoms in total. The molecule has 2 fully saturated rings. The van der Waals surface area contributed by atoms with E-state index in [2.05, 4.69) is 25.3 Å². The minimum Gasteiger partial charge on any atom is -0.353 e. The number of rotatable bonds is 4. The third kappa shape index (κ3) is 4.68. The van der Waals surface area contributed by atoms with Crippen LogP contribution < -0.4 is 10.2 Å². The van der Waals surface area contributed by atoms with Crippen LogP contribution in [0.1, 0.15) is 57.8 Å². The van der Waals surface area contributed by atoms with E-state index in [0.29, 0.717) is 30.8 Å². The summed E-state index contributed by atoms with van der Waals surface area (Å²) in [5.41, 5.74) is 0.842. The van der Waals surface area contributed by atoms with Crippen LogP contribution in [0.25, 0.3) is 11.4 Å². The molecule has 0 unspecified atom stereocenters. The second-order valence-corrected chi connectivity index (χ2v) is 8.27. The van der Waals surface area contributed by atoms with Crippen molar-refractivity contribution < 1.29 is 9.32 Å². The standard InChI is InChI=1S/C21H30N6O2/c1-15(2)20-24-19(25-29-20)16-8-9-18(22-14-16)26-10-12-27(13-11-26)21(28)23-17-6-4-3-5-7-17/h8-9,14-15,17H,3-7,10-13H2,1-2H3,(H,23,28). The number of nitrogens with zero attached hydrogens (tertiary/aromatic N) is 5. The van der Waals surface area contributed by atoms with E-state index >= 15 is 0 Å². The van der Waals surface area contributed by atoms with Crippen molar-refractivity contribution >= 4 is 11.8 Å². The second kappa shape index (κ2) is 8.80. The SMILES string of the molecule is CC(C)c1nc(-c2ccc(N3CCN(C(=O)NC4CCCCC4)CC3)nc2)no1. The highest BCUT2D eigenvalue weighted by molar-refractivity contribution is 5.75. The van der Waals surface area contributed by atoms with Crippen molar-refractivity contribution in [3.8, 4) is 11.4 Å². The normalized spacial score (nSPS) is 18.3. The second-order valence-electron chi connectivity index (χ2n) is 8.27. The Balaban J connectivity index is 1.30. The lowest BCUT2D eigenvalue weighted by Gasteiger charge is -2.36. The topological polar surface area (TPSA) is 87.4 Å². The Morgan fingerprint density at radius 3 is 2.52 bits per heavy atom. The molecule has 2 aliphatic rings. The molecule has 0 atom stereocenters. The average molecular weight is 399 g/mol. The fraction of sp³-hybridized carbons (Fsp3) is 0.619. The quantitative estimate of drug-likeness (QED) is 0.849. The maximum absolute atomic E-state index is 12.5. The van der Waals surface area contributed by atoms with E-state index in [4.69, 9.17) is 4.52 Å². The molecule has 29 heavy (non-hydrogen) atoms. The first kappa shape index (κ1) is 19.7. The van der Waals surface area contributed by atoms with Crippen LogP contribution in [0, 0.1) is 0 Å². The molecule has 0 aromatic carbocycles. The predicted octanol–water partition coefficient (Wildman–Crippen LogP) is 3.42. The zero-order chi connectivity index (χ0) is 20.2. The summed E-state index contributed by atoms with van der Waals surface area (Å²) >= 11 is 0. The number of piperazine rings is 1. The third-order valence-corrected chi connectivity index (χ3v) is 5.77. The molecule has 0 bridgehead atoms. The van der Waals surface area contributed by atoms with Gasteiger partial charge in [0.15, 0.2) is 0 Å². The summed E-state index contributed by atoms with van der Waals surface area (Å²) < 4.78 is 5.27. The van der Waals surface area contributed by atoms with Crippen LogP contribution in [0.5, 0.6) is 0 Å². The van der Waals surface area contributed by atoms with Crippen molar-refractivity contribution in [2.24, 2.45) is 0 Å². The summed E-state index contributed by atoms with van der Waals surface area (Å²) in [5.74, 6) is 2.31. The van der Waals surface area contributed by atoms with Crippen LogP contribution in [0.3, 0.4) is 0 Å². The van der Waals surface area contributed by atoms with Gasteiger partial charge >= 0.3 is 6.03 Å². The highest BCUT2D eigenvalue weighted by Crippen LogP contribution is 2.22. The highest BCUT2D eigenvalue weighted by atomic mass is 16.5. The van der Waals surface area contributed by atoms with E-state index in [1.165, 1.54) is 19.3 Å². The van der Waals surface area contributed by atoms with Gasteiger partial charge < -0.3 is 19.6 Å². The van der Waals surface area contributed by atoms with Gasteiger partial charge in [0.2, 0.25) is 11.7 Å². The third-order valence-electron chi connectivity index (χ3n) is 5.77. The first-order chi connectivity index (χ1) is 14.1. The first-order valence-electron chi connectivity index (χ1n) is 10.7. The van der Waals surface area contributed by atoms with Gasteiger partial charge in [-0.2, -0.15) is 4.98 Å². The molecule has 8 heteroatoms. The fourth-order valence-electron chi connectivity index (χ4n) is 3.94. The Morgan fingerprint density at radius 2 is 1.90 bits per heavy atom. The molecule has 2 aromatic rings. The van der Waals surface area contributed by atoms with Crippen LogP contribution >= 0.6 is 0 Å². The molecule has 0 radical (unpaired) electrons. The van der Waals surface area contributed by atoms with Crippen molar-refractivity contribution in [2.45, 2.75) is 57.9 Å². The Morgan fingerprint density at radius 1 is 1.14 bits per heavy atom. The van der Waals surface area contributed by atoms with E-state index in [1.54, 1.807) is 6.20 Å². The van der Waals surface area contributed by atoms with Crippen LogP contribution in [-0.4, -0.2) is 58.3 Å². The number of pyridine rings is 1. The minimum absolute atomic E-state index is 0.0814. The van der Waals surface area contributed by atoms with Crippen LogP contribution in [0.15, 0.2) is 22.9 Å². The molecule has 0 spiro atoms. The minimum atomic E-state index is 0.0814. The molecule has 156 valence electrons. The summed E-state index contributed by atoms with van der Waals surface area (Å²) in [6.07, 6.45) is 7.75. The molecular weight excluding hydrogens is 368 g/mol. The van der Waals surface area contributed by atoms with Crippen LogP contribution in [-0.2, 0) is 0 Å². The molecule has 1 saturated heterocycles. The molecule has 2 amide bonds. The van der Waals surface area contributed by atoms with Gasteiger partial charge in [-0.15, -0.1) is 0 Å². The molecule has 1 aliphatic heterocycles. The number of carbonyl (C=O) groups excluding carboxylic acids is 1. The number of urea groups is 1. The summed E-state index contributed by atoms with van der Waals surface area (Å²) in [6, 6.07) is 4.39. The largest absolute Gasteiger partial charge is 0.353 e. The van der Waals surface area contributed by atoms with E-state index in [9.17, 15) is 4.79 Å². The molecule has 4 rings (SSSR count). The van der Waals surface area contributed by atoms with Crippen LogP contribution in [0.2, 0.25) is 0 Å². The van der Waals surface area contributed by atoms with Gasteiger partial charge in [-0.05, 0) is 25.0 Å². The predicted molar refractivity (Wildman–Crippen MR) is 111 cm³/mol. The van der Waals surface area contributed by atoms with E-state index < -0.39 is 0 Å². The zero-order valence-corrected chi connectivity index (χ0v) is 17.3. The number of hydrogen-bond donors (Lipinski definition) is 1. The molecule has 2 aromatic heterocycles. The number of amides is 2. The number of nitrogens with one attached hydrogen (secondary N) is 1. The van der Waals surface area contributed by atoms with Gasteiger partial charge in [-0.1, -0.05) is 38.3 Å². The smallest absolute Gasteiger partial charge is 0.317 e. The lowest BCUT2D eigenvalue weighted by atomic mass is 9.96. The average Bonchev–Trinajstić information content (AvgIpc) is 3.25. The molecule has 1 aliphatic carbocycles. The summed E-state index contributed by atoms with van der Waals surface area (Å²) in [7, 11) is 0. The Labute approximate surface area is 171 Å². The molecular formula is C21H30N6O2. The number of aromatic nitrogens is 3. The number of hydrogen-bond acceptors (Lipinski definition) is 6. The highest BCUT2D eigenvalue weighted by Gasteiger charge is 2.24.